The minimum atomic E-state index is -0.379. The van der Waals surface area contributed by atoms with Gasteiger partial charge in [-0.15, -0.1) is 11.3 Å². The zero-order valence-corrected chi connectivity index (χ0v) is 19.1. The molecule has 0 saturated carbocycles. The number of hydrogen-bond donors (Lipinski definition) is 0. The van der Waals surface area contributed by atoms with Gasteiger partial charge in [0.15, 0.2) is 0 Å². The second kappa shape index (κ2) is 10.0. The SMILES string of the molecule is O=C(c1cccs1)N(Cc1c(-c2ccccc2F)noc1N1CCOCC1)CC1CCCO1. The van der Waals surface area contributed by atoms with E-state index in [0.717, 1.165) is 12.8 Å². The molecule has 2 aliphatic heterocycles. The molecule has 0 radical (unpaired) electrons. The van der Waals surface area contributed by atoms with Crippen LogP contribution in [0, 0.1) is 5.82 Å². The number of carbonyl (C=O) groups excluding carboxylic acids is 1. The van der Waals surface area contributed by atoms with Crippen LogP contribution in [0.5, 0.6) is 0 Å². The fourth-order valence-electron chi connectivity index (χ4n) is 4.32. The molecule has 1 atom stereocenters. The van der Waals surface area contributed by atoms with Gasteiger partial charge in [-0.2, -0.15) is 0 Å². The van der Waals surface area contributed by atoms with Gasteiger partial charge in [0.2, 0.25) is 5.88 Å². The number of hydrogen-bond acceptors (Lipinski definition) is 7. The molecule has 0 spiro atoms. The van der Waals surface area contributed by atoms with Crippen molar-refractivity contribution >= 4 is 23.1 Å². The Kier molecular flexibility index (Phi) is 6.70. The molecular formula is C24H26FN3O4S. The van der Waals surface area contributed by atoms with Crippen molar-refractivity contribution in [1.82, 2.24) is 10.1 Å². The molecular weight excluding hydrogens is 445 g/mol. The number of amides is 1. The Morgan fingerprint density at radius 2 is 2.03 bits per heavy atom. The van der Waals surface area contributed by atoms with E-state index in [9.17, 15) is 9.18 Å². The Balaban J connectivity index is 1.53. The number of nitrogens with zero attached hydrogens (tertiary/aromatic N) is 3. The Labute approximate surface area is 195 Å². The van der Waals surface area contributed by atoms with E-state index in [1.54, 1.807) is 23.1 Å². The van der Waals surface area contributed by atoms with Gasteiger partial charge in [0, 0.05) is 31.8 Å². The molecule has 0 N–H and O–H groups in total. The van der Waals surface area contributed by atoms with Crippen LogP contribution in [0.1, 0.15) is 28.1 Å². The average molecular weight is 472 g/mol. The fourth-order valence-corrected chi connectivity index (χ4v) is 5.01. The van der Waals surface area contributed by atoms with Crippen LogP contribution in [0.25, 0.3) is 11.3 Å². The lowest BCUT2D eigenvalue weighted by molar-refractivity contribution is 0.0511. The smallest absolute Gasteiger partial charge is 0.264 e. The molecule has 3 aromatic rings. The number of anilines is 1. The highest BCUT2D eigenvalue weighted by atomic mass is 32.1. The molecule has 1 amide bonds. The van der Waals surface area contributed by atoms with E-state index < -0.39 is 0 Å². The molecule has 2 saturated heterocycles. The van der Waals surface area contributed by atoms with Gasteiger partial charge in [0.1, 0.15) is 11.5 Å². The minimum Gasteiger partial charge on any atom is -0.378 e. The van der Waals surface area contributed by atoms with E-state index in [-0.39, 0.29) is 24.4 Å². The van der Waals surface area contributed by atoms with Crippen molar-refractivity contribution in [1.29, 1.82) is 0 Å². The van der Waals surface area contributed by atoms with Crippen LogP contribution in [0.15, 0.2) is 46.3 Å². The second-order valence-electron chi connectivity index (χ2n) is 8.19. The third-order valence-electron chi connectivity index (χ3n) is 6.01. The molecule has 5 rings (SSSR count). The predicted octanol–water partition coefficient (Wildman–Crippen LogP) is 4.20. The van der Waals surface area contributed by atoms with Crippen LogP contribution in [-0.4, -0.2) is 61.5 Å². The fraction of sp³-hybridized carbons (Fsp3) is 0.417. The number of rotatable bonds is 7. The Bertz CT molecular complexity index is 1080. The number of thiophene rings is 1. The van der Waals surface area contributed by atoms with E-state index in [1.165, 1.54) is 17.4 Å². The van der Waals surface area contributed by atoms with Crippen LogP contribution < -0.4 is 4.90 Å². The van der Waals surface area contributed by atoms with E-state index in [1.807, 2.05) is 17.5 Å². The molecule has 1 aromatic carbocycles. The first kappa shape index (κ1) is 22.1. The van der Waals surface area contributed by atoms with Gasteiger partial charge in [-0.25, -0.2) is 4.39 Å². The quantitative estimate of drug-likeness (QED) is 0.515. The maximum absolute atomic E-state index is 14.7. The summed E-state index contributed by atoms with van der Waals surface area (Å²) in [4.78, 5) is 17.9. The first-order valence-corrected chi connectivity index (χ1v) is 12.1. The zero-order valence-electron chi connectivity index (χ0n) is 18.2. The number of morpholine rings is 1. The van der Waals surface area contributed by atoms with Crippen LogP contribution in [0.4, 0.5) is 10.3 Å². The molecule has 2 fully saturated rings. The summed E-state index contributed by atoms with van der Waals surface area (Å²) in [5.74, 6) is 0.109. The molecule has 33 heavy (non-hydrogen) atoms. The van der Waals surface area contributed by atoms with Crippen LogP contribution in [0.2, 0.25) is 0 Å². The summed E-state index contributed by atoms with van der Waals surface area (Å²) in [5.41, 5.74) is 1.48. The molecule has 174 valence electrons. The van der Waals surface area contributed by atoms with Crippen molar-refractivity contribution in [2.75, 3.05) is 44.4 Å². The molecule has 2 aromatic heterocycles. The molecule has 0 bridgehead atoms. The molecule has 2 aliphatic rings. The standard InChI is InChI=1S/C24H26FN3O4S/c25-20-7-2-1-6-18(20)22-19(24(32-26-22)27-9-12-30-13-10-27)16-28(15-17-5-3-11-31-17)23(29)21-8-4-14-33-21/h1-2,4,6-8,14,17H,3,5,9-13,15-16H2. The largest absolute Gasteiger partial charge is 0.378 e. The summed E-state index contributed by atoms with van der Waals surface area (Å²) in [6.07, 6.45) is 1.88. The second-order valence-corrected chi connectivity index (χ2v) is 9.14. The van der Waals surface area contributed by atoms with E-state index >= 15 is 0 Å². The summed E-state index contributed by atoms with van der Waals surface area (Å²) >= 11 is 1.41. The minimum absolute atomic E-state index is 0.0162. The maximum Gasteiger partial charge on any atom is 0.264 e. The normalized spacial score (nSPS) is 18.6. The van der Waals surface area contributed by atoms with E-state index in [0.29, 0.717) is 67.0 Å². The van der Waals surface area contributed by atoms with Crippen LogP contribution in [-0.2, 0) is 16.0 Å². The number of carbonyl (C=O) groups is 1. The third kappa shape index (κ3) is 4.80. The van der Waals surface area contributed by atoms with Gasteiger partial charge in [-0.3, -0.25) is 4.79 Å². The van der Waals surface area contributed by atoms with Gasteiger partial charge in [-0.05, 0) is 36.4 Å². The molecule has 7 nitrogen and oxygen atoms in total. The molecule has 9 heteroatoms. The highest BCUT2D eigenvalue weighted by molar-refractivity contribution is 7.12. The van der Waals surface area contributed by atoms with Crippen molar-refractivity contribution in [3.63, 3.8) is 0 Å². The number of aromatic nitrogens is 1. The van der Waals surface area contributed by atoms with E-state index in [2.05, 4.69) is 10.1 Å². The van der Waals surface area contributed by atoms with Crippen LogP contribution in [0.3, 0.4) is 0 Å². The number of ether oxygens (including phenoxy) is 2. The van der Waals surface area contributed by atoms with Gasteiger partial charge in [0.25, 0.3) is 5.91 Å². The predicted molar refractivity (Wildman–Crippen MR) is 123 cm³/mol. The Morgan fingerprint density at radius 1 is 1.18 bits per heavy atom. The summed E-state index contributed by atoms with van der Waals surface area (Å²) in [7, 11) is 0. The monoisotopic (exact) mass is 471 g/mol. The van der Waals surface area contributed by atoms with Crippen LogP contribution >= 0.6 is 11.3 Å². The zero-order chi connectivity index (χ0) is 22.6. The Morgan fingerprint density at radius 3 is 2.76 bits per heavy atom. The highest BCUT2D eigenvalue weighted by Crippen LogP contribution is 2.35. The van der Waals surface area contributed by atoms with Crippen molar-refractivity contribution in [2.45, 2.75) is 25.5 Å². The number of halogens is 1. The van der Waals surface area contributed by atoms with Gasteiger partial charge >= 0.3 is 0 Å². The summed E-state index contributed by atoms with van der Waals surface area (Å²) < 4.78 is 31.8. The van der Waals surface area contributed by atoms with Gasteiger partial charge in [-0.1, -0.05) is 23.4 Å². The highest BCUT2D eigenvalue weighted by Gasteiger charge is 2.30. The Hall–Kier alpha value is -2.75. The van der Waals surface area contributed by atoms with E-state index in [4.69, 9.17) is 14.0 Å². The van der Waals surface area contributed by atoms with Gasteiger partial charge < -0.3 is 23.8 Å². The van der Waals surface area contributed by atoms with Crippen molar-refractivity contribution in [3.8, 4) is 11.3 Å². The molecule has 1 unspecified atom stereocenters. The lowest BCUT2D eigenvalue weighted by atomic mass is 10.1. The maximum atomic E-state index is 14.7. The lowest BCUT2D eigenvalue weighted by Gasteiger charge is -2.29. The van der Waals surface area contributed by atoms with Gasteiger partial charge in [0.05, 0.1) is 36.3 Å². The third-order valence-corrected chi connectivity index (χ3v) is 6.87. The average Bonchev–Trinajstić information content (AvgIpc) is 3.62. The van der Waals surface area contributed by atoms with Crippen molar-refractivity contribution in [3.05, 3.63) is 58.0 Å². The van der Waals surface area contributed by atoms with Crippen molar-refractivity contribution in [2.24, 2.45) is 0 Å². The first-order valence-electron chi connectivity index (χ1n) is 11.2. The summed E-state index contributed by atoms with van der Waals surface area (Å²) in [5, 5.41) is 6.15. The first-order chi connectivity index (χ1) is 16.2. The topological polar surface area (TPSA) is 68.0 Å². The number of benzene rings is 1. The summed E-state index contributed by atoms with van der Waals surface area (Å²) in [6, 6.07) is 10.2. The summed E-state index contributed by atoms with van der Waals surface area (Å²) in [6.45, 7) is 3.84. The molecule has 0 aliphatic carbocycles. The lowest BCUT2D eigenvalue weighted by Crippen LogP contribution is -2.39. The molecule has 4 heterocycles. The van der Waals surface area contributed by atoms with Crippen molar-refractivity contribution < 1.29 is 23.2 Å².